The Morgan fingerprint density at radius 1 is 1.24 bits per heavy atom. The van der Waals surface area contributed by atoms with Crippen LogP contribution in [0.4, 0.5) is 13.2 Å². The molecule has 0 spiro atoms. The van der Waals surface area contributed by atoms with Gasteiger partial charge in [0.1, 0.15) is 16.9 Å². The van der Waals surface area contributed by atoms with Gasteiger partial charge in [-0.1, -0.05) is 6.92 Å². The number of ether oxygens (including phenoxy) is 2. The molecule has 2 aromatic heterocycles. The molecule has 0 saturated carbocycles. The van der Waals surface area contributed by atoms with Crippen LogP contribution in [-0.4, -0.2) is 40.2 Å². The van der Waals surface area contributed by atoms with E-state index in [9.17, 15) is 18.0 Å². The van der Waals surface area contributed by atoms with Gasteiger partial charge in [0.15, 0.2) is 0 Å². The fraction of sp³-hybridized carbons (Fsp3) is 0.391. The quantitative estimate of drug-likeness (QED) is 0.508. The van der Waals surface area contributed by atoms with Crippen LogP contribution in [0.2, 0.25) is 0 Å². The number of benzene rings is 1. The zero-order valence-corrected chi connectivity index (χ0v) is 19.4. The Balaban J connectivity index is 1.57. The molecule has 3 aromatic rings. The van der Waals surface area contributed by atoms with Gasteiger partial charge in [-0.2, -0.15) is 13.2 Å². The van der Waals surface area contributed by atoms with Gasteiger partial charge in [-0.25, -0.2) is 15.0 Å². The van der Waals surface area contributed by atoms with Crippen molar-refractivity contribution in [3.8, 4) is 16.3 Å². The predicted molar refractivity (Wildman–Crippen MR) is 120 cm³/mol. The number of rotatable bonds is 7. The summed E-state index contributed by atoms with van der Waals surface area (Å²) in [5.74, 6) is -1.11. The highest BCUT2D eigenvalue weighted by atomic mass is 32.1. The monoisotopic (exact) mass is 492 g/mol. The Labute approximate surface area is 198 Å². The van der Waals surface area contributed by atoms with Crippen molar-refractivity contribution in [2.24, 2.45) is 0 Å². The SMILES string of the molecule is CCc1cnc(-c2cc(O[C@H]3CCOC3)cc(C(=O)NC(C)c3cnc(C(F)(F)F)nc3)c2)s1. The lowest BCUT2D eigenvalue weighted by atomic mass is 10.1. The summed E-state index contributed by atoms with van der Waals surface area (Å²) >= 11 is 1.54. The van der Waals surface area contributed by atoms with E-state index in [-0.39, 0.29) is 6.10 Å². The van der Waals surface area contributed by atoms with E-state index in [1.165, 1.54) is 0 Å². The fourth-order valence-corrected chi connectivity index (χ4v) is 4.23. The number of hydrogen-bond donors (Lipinski definition) is 1. The first-order chi connectivity index (χ1) is 16.2. The molecule has 1 aromatic carbocycles. The molecule has 1 fully saturated rings. The lowest BCUT2D eigenvalue weighted by Crippen LogP contribution is -2.27. The minimum Gasteiger partial charge on any atom is -0.488 e. The summed E-state index contributed by atoms with van der Waals surface area (Å²) in [6.07, 6.45) is 0.824. The summed E-state index contributed by atoms with van der Waals surface area (Å²) in [6, 6.07) is 4.60. The molecule has 180 valence electrons. The summed E-state index contributed by atoms with van der Waals surface area (Å²) in [5.41, 5.74) is 1.45. The standard InChI is InChI=1S/C23H23F3N4O3S/c1-3-19-11-27-21(34-19)15-6-14(7-18(8-15)33-17-4-5-32-12-17)20(31)30-13(2)16-9-28-22(29-10-16)23(24,25)26/h6-11,13,17H,3-5,12H2,1-2H3,(H,30,31)/t13?,17-/m0/s1. The van der Waals surface area contributed by atoms with Crippen LogP contribution in [0.1, 0.15) is 52.9 Å². The molecular formula is C23H23F3N4O3S. The average Bonchev–Trinajstić information content (AvgIpc) is 3.50. The molecule has 1 unspecified atom stereocenters. The zero-order chi connectivity index (χ0) is 24.3. The maximum Gasteiger partial charge on any atom is 0.451 e. The van der Waals surface area contributed by atoms with E-state index in [0.717, 1.165) is 40.7 Å². The number of nitrogens with zero attached hydrogens (tertiary/aromatic N) is 3. The van der Waals surface area contributed by atoms with Crippen LogP contribution >= 0.6 is 11.3 Å². The number of aromatic nitrogens is 3. The van der Waals surface area contributed by atoms with E-state index < -0.39 is 23.9 Å². The van der Waals surface area contributed by atoms with Crippen molar-refractivity contribution < 1.29 is 27.4 Å². The van der Waals surface area contributed by atoms with Crippen molar-refractivity contribution in [2.45, 2.75) is 45.0 Å². The molecule has 3 heterocycles. The van der Waals surface area contributed by atoms with Gasteiger partial charge >= 0.3 is 6.18 Å². The van der Waals surface area contributed by atoms with Gasteiger partial charge in [0.25, 0.3) is 5.91 Å². The Bertz CT molecular complexity index is 1150. The third-order valence-electron chi connectivity index (χ3n) is 5.28. The lowest BCUT2D eigenvalue weighted by Gasteiger charge is -2.17. The second kappa shape index (κ2) is 10.1. The molecule has 1 amide bonds. The number of nitrogens with one attached hydrogen (secondary N) is 1. The normalized spacial score (nSPS) is 16.9. The Morgan fingerprint density at radius 2 is 2.00 bits per heavy atom. The summed E-state index contributed by atoms with van der Waals surface area (Å²) < 4.78 is 49.6. The first-order valence-electron chi connectivity index (χ1n) is 10.8. The largest absolute Gasteiger partial charge is 0.488 e. The van der Waals surface area contributed by atoms with E-state index in [4.69, 9.17) is 9.47 Å². The maximum absolute atomic E-state index is 13.1. The van der Waals surface area contributed by atoms with E-state index in [0.29, 0.717) is 30.1 Å². The molecular weight excluding hydrogens is 469 g/mol. The van der Waals surface area contributed by atoms with Gasteiger partial charge in [-0.05, 0) is 31.5 Å². The summed E-state index contributed by atoms with van der Waals surface area (Å²) in [6.45, 7) is 4.79. The molecule has 11 heteroatoms. The van der Waals surface area contributed by atoms with Gasteiger partial charge in [-0.3, -0.25) is 4.79 Å². The van der Waals surface area contributed by atoms with Gasteiger partial charge < -0.3 is 14.8 Å². The number of amides is 1. The van der Waals surface area contributed by atoms with Gasteiger partial charge in [0.05, 0.1) is 19.3 Å². The third-order valence-corrected chi connectivity index (χ3v) is 6.47. The minimum absolute atomic E-state index is 0.100. The van der Waals surface area contributed by atoms with Crippen LogP contribution < -0.4 is 10.1 Å². The van der Waals surface area contributed by atoms with Gasteiger partial charge in [0, 0.05) is 46.6 Å². The van der Waals surface area contributed by atoms with Crippen LogP contribution in [0.3, 0.4) is 0 Å². The molecule has 4 rings (SSSR count). The first-order valence-corrected chi connectivity index (χ1v) is 11.6. The number of carbonyl (C=O) groups is 1. The van der Waals surface area contributed by atoms with Crippen LogP contribution in [0.5, 0.6) is 5.75 Å². The second-order valence-electron chi connectivity index (χ2n) is 7.87. The highest BCUT2D eigenvalue weighted by Gasteiger charge is 2.34. The van der Waals surface area contributed by atoms with Crippen molar-refractivity contribution in [3.05, 3.63) is 58.6 Å². The number of thiazole rings is 1. The topological polar surface area (TPSA) is 86.2 Å². The van der Waals surface area contributed by atoms with E-state index in [1.54, 1.807) is 30.4 Å². The van der Waals surface area contributed by atoms with Crippen LogP contribution in [0.15, 0.2) is 36.8 Å². The Hall–Kier alpha value is -3.05. The fourth-order valence-electron chi connectivity index (χ4n) is 3.40. The van der Waals surface area contributed by atoms with Crippen molar-refractivity contribution in [2.75, 3.05) is 13.2 Å². The zero-order valence-electron chi connectivity index (χ0n) is 18.6. The van der Waals surface area contributed by atoms with Crippen molar-refractivity contribution in [1.29, 1.82) is 0 Å². The molecule has 34 heavy (non-hydrogen) atoms. The average molecular weight is 493 g/mol. The van der Waals surface area contributed by atoms with E-state index >= 15 is 0 Å². The molecule has 1 saturated heterocycles. The van der Waals surface area contributed by atoms with E-state index in [1.807, 2.05) is 19.2 Å². The molecule has 0 aliphatic carbocycles. The Kier molecular flexibility index (Phi) is 7.13. The summed E-state index contributed by atoms with van der Waals surface area (Å²) in [4.78, 5) is 25.4. The summed E-state index contributed by atoms with van der Waals surface area (Å²) in [5, 5.41) is 3.56. The number of hydrogen-bond acceptors (Lipinski definition) is 7. The van der Waals surface area contributed by atoms with E-state index in [2.05, 4.69) is 20.3 Å². The molecule has 7 nitrogen and oxygen atoms in total. The van der Waals surface area contributed by atoms with Crippen molar-refractivity contribution >= 4 is 17.2 Å². The van der Waals surface area contributed by atoms with Gasteiger partial charge in [0.2, 0.25) is 5.82 Å². The predicted octanol–water partition coefficient (Wildman–Crippen LogP) is 4.84. The minimum atomic E-state index is -4.63. The highest BCUT2D eigenvalue weighted by Crippen LogP contribution is 2.31. The molecule has 0 bridgehead atoms. The lowest BCUT2D eigenvalue weighted by molar-refractivity contribution is -0.145. The molecule has 0 radical (unpaired) electrons. The number of halogens is 3. The smallest absolute Gasteiger partial charge is 0.451 e. The summed E-state index contributed by atoms with van der Waals surface area (Å²) in [7, 11) is 0. The number of alkyl halides is 3. The number of carbonyl (C=O) groups excluding carboxylic acids is 1. The molecule has 1 aliphatic heterocycles. The van der Waals surface area contributed by atoms with Crippen molar-refractivity contribution in [3.63, 3.8) is 0 Å². The van der Waals surface area contributed by atoms with Crippen LogP contribution in [0, 0.1) is 0 Å². The molecule has 2 atom stereocenters. The molecule has 1 N–H and O–H groups in total. The Morgan fingerprint density at radius 3 is 2.62 bits per heavy atom. The van der Waals surface area contributed by atoms with Gasteiger partial charge in [-0.15, -0.1) is 11.3 Å². The first kappa shape index (κ1) is 24.1. The third kappa shape index (κ3) is 5.71. The van der Waals surface area contributed by atoms with Crippen LogP contribution in [-0.2, 0) is 17.3 Å². The highest BCUT2D eigenvalue weighted by molar-refractivity contribution is 7.15. The maximum atomic E-state index is 13.1. The number of aryl methyl sites for hydroxylation is 1. The van der Waals surface area contributed by atoms with Crippen LogP contribution in [0.25, 0.3) is 10.6 Å². The molecule has 1 aliphatic rings. The second-order valence-corrected chi connectivity index (χ2v) is 8.98. The van der Waals surface area contributed by atoms with Crippen molar-refractivity contribution in [1.82, 2.24) is 20.3 Å².